The number of aliphatic carboxylic acids is 1. The zero-order chi connectivity index (χ0) is 16.6. The normalized spacial score (nSPS) is 10.4. The molecular formula is C18H40BrNO2. The van der Waals surface area contributed by atoms with E-state index in [1.165, 1.54) is 82.0 Å². The van der Waals surface area contributed by atoms with E-state index < -0.39 is 5.97 Å². The smallest absolute Gasteiger partial charge is 0.300 e. The van der Waals surface area contributed by atoms with Crippen LogP contribution in [0.15, 0.2) is 0 Å². The third kappa shape index (κ3) is 18.0. The zero-order valence-electron chi connectivity index (χ0n) is 15.7. The highest BCUT2D eigenvalue weighted by molar-refractivity contribution is 5.62. The fraction of sp³-hybridized carbons (Fsp3) is 0.944. The lowest BCUT2D eigenvalue weighted by Gasteiger charge is -2.39. The van der Waals surface area contributed by atoms with Crippen molar-refractivity contribution >= 4 is 5.97 Å². The second kappa shape index (κ2) is 19.0. The van der Waals surface area contributed by atoms with Gasteiger partial charge in [0.05, 0.1) is 26.2 Å². The van der Waals surface area contributed by atoms with Crippen molar-refractivity contribution in [3.05, 3.63) is 0 Å². The molecule has 0 aromatic carbocycles. The second-order valence-electron chi connectivity index (χ2n) is 6.17. The van der Waals surface area contributed by atoms with Crippen LogP contribution in [0.4, 0.5) is 0 Å². The van der Waals surface area contributed by atoms with Crippen LogP contribution in [0, 0.1) is 0 Å². The maximum Gasteiger partial charge on any atom is 0.300 e. The number of halogens is 1. The Labute approximate surface area is 149 Å². The first-order chi connectivity index (χ1) is 9.97. The lowest BCUT2D eigenvalue weighted by Crippen LogP contribution is -3.00. The molecule has 22 heavy (non-hydrogen) atoms. The Hall–Kier alpha value is -0.0900. The minimum absolute atomic E-state index is 0. The summed E-state index contributed by atoms with van der Waals surface area (Å²) in [5.41, 5.74) is 0. The van der Waals surface area contributed by atoms with Gasteiger partial charge < -0.3 is 26.6 Å². The fourth-order valence-corrected chi connectivity index (χ4v) is 2.64. The Balaban J connectivity index is -0.000000640. The molecule has 0 bridgehead atoms. The molecule has 0 aliphatic rings. The van der Waals surface area contributed by atoms with Gasteiger partial charge in [0.1, 0.15) is 0 Å². The molecular weight excluding hydrogens is 342 g/mol. The summed E-state index contributed by atoms with van der Waals surface area (Å²) < 4.78 is 1.42. The highest BCUT2D eigenvalue weighted by Crippen LogP contribution is 2.16. The maximum absolute atomic E-state index is 9.00. The third-order valence-electron chi connectivity index (χ3n) is 3.94. The summed E-state index contributed by atoms with van der Waals surface area (Å²) in [5, 5.41) is 7.42. The first-order valence-electron chi connectivity index (χ1n) is 9.02. The van der Waals surface area contributed by atoms with E-state index in [0.29, 0.717) is 0 Å². The fourth-order valence-electron chi connectivity index (χ4n) is 2.64. The van der Waals surface area contributed by atoms with Crippen LogP contribution in [0.2, 0.25) is 0 Å². The minimum Gasteiger partial charge on any atom is -1.00 e. The first-order valence-corrected chi connectivity index (χ1v) is 9.02. The summed E-state index contributed by atoms with van der Waals surface area (Å²) in [7, 11) is 0. The van der Waals surface area contributed by atoms with Gasteiger partial charge in [-0.2, -0.15) is 0 Å². The minimum atomic E-state index is -0.833. The zero-order valence-corrected chi connectivity index (χ0v) is 17.3. The van der Waals surface area contributed by atoms with Gasteiger partial charge in [-0.25, -0.2) is 0 Å². The summed E-state index contributed by atoms with van der Waals surface area (Å²) >= 11 is 0. The molecule has 3 nitrogen and oxygen atoms in total. The van der Waals surface area contributed by atoms with E-state index in [9.17, 15) is 0 Å². The number of hydrogen-bond acceptors (Lipinski definition) is 1. The number of unbranched alkanes of at least 4 members (excludes halogenated alkanes) is 4. The molecule has 0 atom stereocenters. The van der Waals surface area contributed by atoms with Gasteiger partial charge in [0, 0.05) is 6.92 Å². The van der Waals surface area contributed by atoms with Crippen LogP contribution < -0.4 is 17.0 Å². The monoisotopic (exact) mass is 381 g/mol. The summed E-state index contributed by atoms with van der Waals surface area (Å²) in [5.74, 6) is -0.833. The van der Waals surface area contributed by atoms with E-state index in [0.717, 1.165) is 6.92 Å². The largest absolute Gasteiger partial charge is 1.00 e. The van der Waals surface area contributed by atoms with E-state index in [1.54, 1.807) is 0 Å². The summed E-state index contributed by atoms with van der Waals surface area (Å²) in [6.07, 6.45) is 11.1. The number of rotatable bonds is 12. The molecule has 0 unspecified atom stereocenters. The van der Waals surface area contributed by atoms with Crippen LogP contribution in [-0.2, 0) is 4.79 Å². The van der Waals surface area contributed by atoms with Crippen LogP contribution >= 0.6 is 0 Å². The molecule has 0 aromatic heterocycles. The van der Waals surface area contributed by atoms with Crippen molar-refractivity contribution in [1.82, 2.24) is 0 Å². The van der Waals surface area contributed by atoms with E-state index in [-0.39, 0.29) is 17.0 Å². The van der Waals surface area contributed by atoms with Crippen LogP contribution in [0.3, 0.4) is 0 Å². The van der Waals surface area contributed by atoms with Crippen molar-refractivity contribution in [3.63, 3.8) is 0 Å². The van der Waals surface area contributed by atoms with Crippen LogP contribution in [0.1, 0.15) is 86.0 Å². The molecule has 0 rings (SSSR count). The highest BCUT2D eigenvalue weighted by Gasteiger charge is 2.24. The summed E-state index contributed by atoms with van der Waals surface area (Å²) in [6, 6.07) is 0. The molecule has 0 aliphatic heterocycles. The lowest BCUT2D eigenvalue weighted by atomic mass is 10.1. The standard InChI is InChI=1S/C16H36N.C2H4O2.BrH/c1-5-9-13-17(14-10-6-2,15-11-7-3)16-12-8-4;1-2(3)4;/h5-16H2,1-4H3;1H3,(H,3,4);1H/q+1;;/p-1. The van der Waals surface area contributed by atoms with Gasteiger partial charge in [-0.1, -0.05) is 53.4 Å². The summed E-state index contributed by atoms with van der Waals surface area (Å²) in [6.45, 7) is 16.1. The van der Waals surface area contributed by atoms with Crippen molar-refractivity contribution in [1.29, 1.82) is 0 Å². The van der Waals surface area contributed by atoms with Gasteiger partial charge in [-0.15, -0.1) is 0 Å². The van der Waals surface area contributed by atoms with Crippen LogP contribution in [0.5, 0.6) is 0 Å². The molecule has 0 aromatic rings. The van der Waals surface area contributed by atoms with E-state index in [2.05, 4.69) is 27.7 Å². The Kier molecular flexibility index (Phi) is 23.1. The quantitative estimate of drug-likeness (QED) is 0.525. The number of nitrogens with zero attached hydrogens (tertiary/aromatic N) is 1. The van der Waals surface area contributed by atoms with Crippen molar-refractivity contribution < 1.29 is 31.4 Å². The molecule has 0 saturated carbocycles. The van der Waals surface area contributed by atoms with Crippen molar-refractivity contribution in [2.24, 2.45) is 0 Å². The SMILES string of the molecule is CC(=O)O.CCCC[N+](CCCC)(CCCC)CCCC.[Br-]. The Morgan fingerprint density at radius 1 is 0.727 bits per heavy atom. The van der Waals surface area contributed by atoms with Gasteiger partial charge in [-0.3, -0.25) is 4.79 Å². The van der Waals surface area contributed by atoms with Gasteiger partial charge in [-0.05, 0) is 25.7 Å². The Bertz CT molecular complexity index is 194. The highest BCUT2D eigenvalue weighted by atomic mass is 79.9. The predicted molar refractivity (Wildman–Crippen MR) is 92.7 cm³/mol. The van der Waals surface area contributed by atoms with Gasteiger partial charge in [0.15, 0.2) is 0 Å². The number of hydrogen-bond donors (Lipinski definition) is 1. The molecule has 0 spiro atoms. The number of quaternary nitrogens is 1. The number of carboxylic acid groups (broad SMARTS) is 1. The van der Waals surface area contributed by atoms with Crippen LogP contribution in [0.25, 0.3) is 0 Å². The first kappa shape index (κ1) is 26.8. The van der Waals surface area contributed by atoms with E-state index in [4.69, 9.17) is 9.90 Å². The molecule has 4 heteroatoms. The van der Waals surface area contributed by atoms with Crippen molar-refractivity contribution in [2.75, 3.05) is 26.2 Å². The molecule has 0 saturated heterocycles. The lowest BCUT2D eigenvalue weighted by molar-refractivity contribution is -0.929. The second-order valence-corrected chi connectivity index (χ2v) is 6.17. The van der Waals surface area contributed by atoms with Gasteiger partial charge in [0.2, 0.25) is 0 Å². The van der Waals surface area contributed by atoms with E-state index >= 15 is 0 Å². The average Bonchev–Trinajstić information content (AvgIpc) is 2.45. The molecule has 0 fully saturated rings. The number of carboxylic acids is 1. The Morgan fingerprint density at radius 2 is 0.909 bits per heavy atom. The Morgan fingerprint density at radius 3 is 1.05 bits per heavy atom. The molecule has 0 radical (unpaired) electrons. The third-order valence-corrected chi connectivity index (χ3v) is 3.94. The molecule has 136 valence electrons. The molecule has 1 N–H and O–H groups in total. The molecule has 0 aliphatic carbocycles. The predicted octanol–water partition coefficient (Wildman–Crippen LogP) is 2.10. The molecule has 0 heterocycles. The topological polar surface area (TPSA) is 37.3 Å². The molecule has 0 amide bonds. The van der Waals surface area contributed by atoms with Crippen molar-refractivity contribution in [2.45, 2.75) is 86.0 Å². The van der Waals surface area contributed by atoms with Gasteiger partial charge in [0.25, 0.3) is 5.97 Å². The maximum atomic E-state index is 9.00. The van der Waals surface area contributed by atoms with Crippen molar-refractivity contribution in [3.8, 4) is 0 Å². The average molecular weight is 382 g/mol. The summed E-state index contributed by atoms with van der Waals surface area (Å²) in [4.78, 5) is 9.00. The number of carbonyl (C=O) groups is 1. The van der Waals surface area contributed by atoms with Crippen LogP contribution in [-0.4, -0.2) is 41.7 Å². The van der Waals surface area contributed by atoms with E-state index in [1.807, 2.05) is 0 Å². The van der Waals surface area contributed by atoms with Gasteiger partial charge >= 0.3 is 0 Å².